The molecule has 0 amide bonds. The Morgan fingerprint density at radius 3 is 2.75 bits per heavy atom. The van der Waals surface area contributed by atoms with Gasteiger partial charge in [-0.3, -0.25) is 9.20 Å². The summed E-state index contributed by atoms with van der Waals surface area (Å²) < 4.78 is 1.64. The summed E-state index contributed by atoms with van der Waals surface area (Å²) in [5.74, 6) is 0. The first-order valence-electron chi connectivity index (χ1n) is 9.84. The molecule has 0 radical (unpaired) electrons. The van der Waals surface area contributed by atoms with Crippen LogP contribution in [-0.4, -0.2) is 28.5 Å². The number of nitrogens with zero attached hydrogens (tertiary/aromatic N) is 2. The average Bonchev–Trinajstić information content (AvgIpc) is 3.20. The molecular weight excluding hydrogens is 372 g/mol. The van der Waals surface area contributed by atoms with E-state index in [0.717, 1.165) is 61.3 Å². The van der Waals surface area contributed by atoms with Crippen LogP contribution in [0.15, 0.2) is 53.5 Å². The molecule has 1 saturated heterocycles. The standard InChI is InChI=1S/C22H26N4O.ClH/c1-2-3-6-19-21(22(27)26-14-5-4-7-20(26)25-19)16-8-10-17(11-9-16)24-18-12-13-23-15-18;/h4-5,7-11,14,18,23-24H,2-3,6,12-13,15H2,1H3;1H/t18-;/m0./s1. The van der Waals surface area contributed by atoms with Crippen molar-refractivity contribution >= 4 is 23.7 Å². The van der Waals surface area contributed by atoms with E-state index in [-0.39, 0.29) is 18.0 Å². The zero-order valence-corrected chi connectivity index (χ0v) is 17.0. The van der Waals surface area contributed by atoms with Gasteiger partial charge in [0.15, 0.2) is 0 Å². The largest absolute Gasteiger partial charge is 0.381 e. The summed E-state index contributed by atoms with van der Waals surface area (Å²) >= 11 is 0. The first-order chi connectivity index (χ1) is 13.3. The summed E-state index contributed by atoms with van der Waals surface area (Å²) in [5, 5.41) is 6.92. The second kappa shape index (κ2) is 9.22. The number of fused-ring (bicyclic) bond motifs is 1. The number of aryl methyl sites for hydroxylation is 1. The smallest absolute Gasteiger partial charge is 0.265 e. The lowest BCUT2D eigenvalue weighted by Crippen LogP contribution is -2.22. The van der Waals surface area contributed by atoms with Crippen LogP contribution in [-0.2, 0) is 6.42 Å². The van der Waals surface area contributed by atoms with Crippen LogP contribution in [0.1, 0.15) is 31.9 Å². The van der Waals surface area contributed by atoms with Gasteiger partial charge >= 0.3 is 0 Å². The molecule has 2 N–H and O–H groups in total. The Balaban J connectivity index is 0.00000225. The van der Waals surface area contributed by atoms with Gasteiger partial charge in [-0.05, 0) is 55.6 Å². The topological polar surface area (TPSA) is 58.4 Å². The fourth-order valence-corrected chi connectivity index (χ4v) is 3.70. The Morgan fingerprint density at radius 1 is 1.21 bits per heavy atom. The van der Waals surface area contributed by atoms with Crippen molar-refractivity contribution in [2.75, 3.05) is 18.4 Å². The van der Waals surface area contributed by atoms with Crippen molar-refractivity contribution in [3.05, 3.63) is 64.7 Å². The normalized spacial score (nSPS) is 16.1. The summed E-state index contributed by atoms with van der Waals surface area (Å²) in [4.78, 5) is 18.0. The highest BCUT2D eigenvalue weighted by molar-refractivity contribution is 5.85. The fourth-order valence-electron chi connectivity index (χ4n) is 3.70. The maximum atomic E-state index is 13.2. The highest BCUT2D eigenvalue weighted by Gasteiger charge is 2.16. The lowest BCUT2D eigenvalue weighted by atomic mass is 10.0. The minimum Gasteiger partial charge on any atom is -0.381 e. The number of rotatable bonds is 6. The van der Waals surface area contributed by atoms with Gasteiger partial charge in [-0.1, -0.05) is 31.5 Å². The highest BCUT2D eigenvalue weighted by Crippen LogP contribution is 2.23. The van der Waals surface area contributed by atoms with Crippen LogP contribution in [0.4, 0.5) is 5.69 Å². The van der Waals surface area contributed by atoms with Crippen LogP contribution < -0.4 is 16.2 Å². The maximum Gasteiger partial charge on any atom is 0.265 e. The number of aromatic nitrogens is 2. The van der Waals surface area contributed by atoms with Crippen molar-refractivity contribution in [2.24, 2.45) is 0 Å². The van der Waals surface area contributed by atoms with E-state index in [0.29, 0.717) is 11.7 Å². The molecule has 1 atom stereocenters. The molecule has 1 aliphatic rings. The molecule has 1 aliphatic heterocycles. The van der Waals surface area contributed by atoms with E-state index in [2.05, 4.69) is 29.7 Å². The van der Waals surface area contributed by atoms with E-state index in [9.17, 15) is 4.79 Å². The van der Waals surface area contributed by atoms with Gasteiger partial charge in [0, 0.05) is 24.5 Å². The SMILES string of the molecule is CCCCc1nc2ccccn2c(=O)c1-c1ccc(N[C@H]2CCNC2)cc1.Cl. The second-order valence-corrected chi connectivity index (χ2v) is 7.18. The maximum absolute atomic E-state index is 13.2. The van der Waals surface area contributed by atoms with Gasteiger partial charge in [-0.25, -0.2) is 4.98 Å². The van der Waals surface area contributed by atoms with Gasteiger partial charge in [-0.15, -0.1) is 12.4 Å². The molecule has 0 bridgehead atoms. The molecule has 0 unspecified atom stereocenters. The van der Waals surface area contributed by atoms with E-state index in [4.69, 9.17) is 4.98 Å². The molecule has 1 fully saturated rings. The molecule has 0 saturated carbocycles. The first-order valence-corrected chi connectivity index (χ1v) is 9.84. The van der Waals surface area contributed by atoms with Gasteiger partial charge in [0.25, 0.3) is 5.56 Å². The number of nitrogens with one attached hydrogen (secondary N) is 2. The van der Waals surface area contributed by atoms with E-state index in [1.807, 2.05) is 30.3 Å². The number of unbranched alkanes of at least 4 members (excludes halogenated alkanes) is 1. The summed E-state index contributed by atoms with van der Waals surface area (Å²) in [6, 6.07) is 14.4. The summed E-state index contributed by atoms with van der Waals surface area (Å²) in [5.41, 5.74) is 4.37. The number of hydrogen-bond donors (Lipinski definition) is 2. The van der Waals surface area contributed by atoms with Crippen molar-refractivity contribution in [1.29, 1.82) is 0 Å². The van der Waals surface area contributed by atoms with Crippen molar-refractivity contribution in [3.8, 4) is 11.1 Å². The summed E-state index contributed by atoms with van der Waals surface area (Å²) in [6.45, 7) is 4.22. The predicted octanol–water partition coefficient (Wildman–Crippen LogP) is 3.90. The molecule has 148 valence electrons. The van der Waals surface area contributed by atoms with Crippen LogP contribution >= 0.6 is 12.4 Å². The highest BCUT2D eigenvalue weighted by atomic mass is 35.5. The fraction of sp³-hybridized carbons (Fsp3) is 0.364. The molecule has 3 heterocycles. The monoisotopic (exact) mass is 398 g/mol. The van der Waals surface area contributed by atoms with Crippen molar-refractivity contribution in [1.82, 2.24) is 14.7 Å². The number of pyridine rings is 1. The molecule has 1 aromatic carbocycles. The number of hydrogen-bond acceptors (Lipinski definition) is 4. The van der Waals surface area contributed by atoms with Gasteiger partial charge in [-0.2, -0.15) is 0 Å². The molecule has 6 heteroatoms. The van der Waals surface area contributed by atoms with Gasteiger partial charge < -0.3 is 10.6 Å². The zero-order chi connectivity index (χ0) is 18.6. The minimum absolute atomic E-state index is 0. The van der Waals surface area contributed by atoms with E-state index in [1.165, 1.54) is 0 Å². The molecule has 4 rings (SSSR count). The second-order valence-electron chi connectivity index (χ2n) is 7.18. The molecule has 0 spiro atoms. The van der Waals surface area contributed by atoms with Crippen molar-refractivity contribution in [2.45, 2.75) is 38.6 Å². The molecule has 2 aromatic heterocycles. The molecule has 0 aliphatic carbocycles. The zero-order valence-electron chi connectivity index (χ0n) is 16.1. The number of benzene rings is 1. The first kappa shape index (κ1) is 20.4. The van der Waals surface area contributed by atoms with Crippen LogP contribution in [0.5, 0.6) is 0 Å². The van der Waals surface area contributed by atoms with Crippen molar-refractivity contribution < 1.29 is 0 Å². The average molecular weight is 399 g/mol. The van der Waals surface area contributed by atoms with Gasteiger partial charge in [0.05, 0.1) is 11.3 Å². The summed E-state index contributed by atoms with van der Waals surface area (Å²) in [7, 11) is 0. The third kappa shape index (κ3) is 4.21. The van der Waals surface area contributed by atoms with Gasteiger partial charge in [0.1, 0.15) is 5.65 Å². The van der Waals surface area contributed by atoms with Crippen LogP contribution in [0, 0.1) is 0 Å². The minimum atomic E-state index is 0. The van der Waals surface area contributed by atoms with Crippen LogP contribution in [0.2, 0.25) is 0 Å². The molecule has 3 aromatic rings. The molecule has 28 heavy (non-hydrogen) atoms. The van der Waals surface area contributed by atoms with Crippen molar-refractivity contribution in [3.63, 3.8) is 0 Å². The summed E-state index contributed by atoms with van der Waals surface area (Å²) in [6.07, 6.45) is 5.85. The number of anilines is 1. The predicted molar refractivity (Wildman–Crippen MR) is 118 cm³/mol. The third-order valence-corrected chi connectivity index (χ3v) is 5.18. The molecular formula is C22H27ClN4O. The Bertz CT molecular complexity index is 978. The van der Waals surface area contributed by atoms with E-state index >= 15 is 0 Å². The van der Waals surface area contributed by atoms with E-state index in [1.54, 1.807) is 10.6 Å². The lowest BCUT2D eigenvalue weighted by molar-refractivity contribution is 0.774. The number of halogens is 1. The quantitative estimate of drug-likeness (QED) is 0.661. The Labute approximate surface area is 171 Å². The third-order valence-electron chi connectivity index (χ3n) is 5.18. The Hall–Kier alpha value is -2.37. The van der Waals surface area contributed by atoms with Crippen LogP contribution in [0.3, 0.4) is 0 Å². The molecule has 5 nitrogen and oxygen atoms in total. The Kier molecular flexibility index (Phi) is 6.70. The lowest BCUT2D eigenvalue weighted by Gasteiger charge is -2.14. The van der Waals surface area contributed by atoms with Gasteiger partial charge in [0.2, 0.25) is 0 Å². The Morgan fingerprint density at radius 2 is 2.04 bits per heavy atom. The van der Waals surface area contributed by atoms with E-state index < -0.39 is 0 Å². The van der Waals surface area contributed by atoms with Crippen LogP contribution in [0.25, 0.3) is 16.8 Å².